The second-order valence-corrected chi connectivity index (χ2v) is 4.55. The molecule has 0 unspecified atom stereocenters. The summed E-state index contributed by atoms with van der Waals surface area (Å²) in [5.74, 6) is -0.608. The Morgan fingerprint density at radius 3 is 2.83 bits per heavy atom. The van der Waals surface area contributed by atoms with Gasteiger partial charge in [-0.25, -0.2) is 4.39 Å². The predicted molar refractivity (Wildman–Crippen MR) is 69.0 cm³/mol. The minimum absolute atomic E-state index is 0.0391. The molecule has 0 atom stereocenters. The molecule has 1 aromatic carbocycles. The van der Waals surface area contributed by atoms with Crippen molar-refractivity contribution in [2.24, 2.45) is 0 Å². The molecule has 0 aromatic heterocycles. The molecule has 18 heavy (non-hydrogen) atoms. The highest BCUT2D eigenvalue weighted by Gasteiger charge is 2.12. The molecule has 0 radical (unpaired) electrons. The van der Waals surface area contributed by atoms with E-state index in [9.17, 15) is 9.18 Å². The summed E-state index contributed by atoms with van der Waals surface area (Å²) in [4.78, 5) is 13.4. The number of carbonyl (C=O) groups is 1. The number of aliphatic hydroxyl groups excluding tert-OH is 1. The van der Waals surface area contributed by atoms with Gasteiger partial charge >= 0.3 is 0 Å². The molecule has 4 nitrogen and oxygen atoms in total. The quantitative estimate of drug-likeness (QED) is 0.811. The van der Waals surface area contributed by atoms with Crippen LogP contribution in [0.15, 0.2) is 22.7 Å². The highest BCUT2D eigenvalue weighted by Crippen LogP contribution is 2.17. The zero-order chi connectivity index (χ0) is 13.5. The fraction of sp³-hybridized carbons (Fsp3) is 0.417. The molecule has 0 spiro atoms. The number of likely N-dealkylation sites (N-methyl/N-ethyl adjacent to an activating group) is 1. The van der Waals surface area contributed by atoms with E-state index < -0.39 is 5.82 Å². The van der Waals surface area contributed by atoms with Gasteiger partial charge in [0.1, 0.15) is 5.82 Å². The number of carbonyl (C=O) groups excluding carboxylic acids is 1. The number of aliphatic hydroxyl groups is 1. The second kappa shape index (κ2) is 7.45. The Morgan fingerprint density at radius 2 is 2.22 bits per heavy atom. The number of amides is 1. The average molecular weight is 320 g/mol. The van der Waals surface area contributed by atoms with Crippen LogP contribution >= 0.6 is 15.9 Å². The van der Waals surface area contributed by atoms with Crippen molar-refractivity contribution in [1.29, 1.82) is 0 Å². The van der Waals surface area contributed by atoms with Gasteiger partial charge in [0.25, 0.3) is 5.91 Å². The number of ether oxygens (including phenoxy) is 1. The third-order valence-corrected chi connectivity index (χ3v) is 2.93. The lowest BCUT2D eigenvalue weighted by Crippen LogP contribution is -2.30. The van der Waals surface area contributed by atoms with Gasteiger partial charge in [-0.15, -0.1) is 0 Å². The van der Waals surface area contributed by atoms with Crippen LogP contribution < -0.4 is 0 Å². The van der Waals surface area contributed by atoms with Crippen LogP contribution in [0, 0.1) is 5.82 Å². The lowest BCUT2D eigenvalue weighted by Gasteiger charge is -2.17. The molecular formula is C12H15BrFNO3. The Kier molecular flexibility index (Phi) is 6.24. The van der Waals surface area contributed by atoms with Crippen LogP contribution in [-0.4, -0.2) is 49.3 Å². The number of halogens is 2. The van der Waals surface area contributed by atoms with Crippen molar-refractivity contribution in [1.82, 2.24) is 4.90 Å². The van der Waals surface area contributed by atoms with Crippen molar-refractivity contribution in [2.75, 3.05) is 33.4 Å². The lowest BCUT2D eigenvalue weighted by atomic mass is 10.2. The van der Waals surface area contributed by atoms with Gasteiger partial charge in [-0.2, -0.15) is 0 Å². The van der Waals surface area contributed by atoms with Crippen molar-refractivity contribution in [3.63, 3.8) is 0 Å². The van der Waals surface area contributed by atoms with E-state index in [4.69, 9.17) is 9.84 Å². The van der Waals surface area contributed by atoms with E-state index in [-0.39, 0.29) is 23.6 Å². The number of nitrogens with zero attached hydrogens (tertiary/aromatic N) is 1. The molecule has 1 rings (SSSR count). The molecule has 1 amide bonds. The summed E-state index contributed by atoms with van der Waals surface area (Å²) in [5, 5.41) is 8.53. The first-order chi connectivity index (χ1) is 8.56. The second-order valence-electron chi connectivity index (χ2n) is 3.69. The summed E-state index contributed by atoms with van der Waals surface area (Å²) in [6.07, 6.45) is 0. The standard InChI is InChI=1S/C12H15BrFNO3/c1-15(4-6-18-7-5-16)12(17)9-2-3-11(14)10(13)8-9/h2-3,8,16H,4-7H2,1H3. The van der Waals surface area contributed by atoms with Gasteiger partial charge in [0.15, 0.2) is 0 Å². The number of hydrogen-bond acceptors (Lipinski definition) is 3. The van der Waals surface area contributed by atoms with Crippen LogP contribution in [0.1, 0.15) is 10.4 Å². The van der Waals surface area contributed by atoms with Crippen LogP contribution in [0.4, 0.5) is 4.39 Å². The highest BCUT2D eigenvalue weighted by molar-refractivity contribution is 9.10. The van der Waals surface area contributed by atoms with Gasteiger partial charge in [0.05, 0.1) is 24.3 Å². The SMILES string of the molecule is CN(CCOCCO)C(=O)c1ccc(F)c(Br)c1. The monoisotopic (exact) mass is 319 g/mol. The fourth-order valence-corrected chi connectivity index (χ4v) is 1.70. The van der Waals surface area contributed by atoms with E-state index in [2.05, 4.69) is 15.9 Å². The molecular weight excluding hydrogens is 305 g/mol. The molecule has 0 saturated carbocycles. The molecule has 0 aliphatic rings. The third kappa shape index (κ3) is 4.36. The maximum atomic E-state index is 13.0. The Hall–Kier alpha value is -0.980. The van der Waals surface area contributed by atoms with E-state index in [0.717, 1.165) is 0 Å². The Bertz CT molecular complexity index is 414. The van der Waals surface area contributed by atoms with E-state index in [1.807, 2.05) is 0 Å². The highest BCUT2D eigenvalue weighted by atomic mass is 79.9. The fourth-order valence-electron chi connectivity index (χ4n) is 1.32. The average Bonchev–Trinajstić information content (AvgIpc) is 2.37. The minimum Gasteiger partial charge on any atom is -0.394 e. The van der Waals surface area contributed by atoms with Crippen LogP contribution in [0.3, 0.4) is 0 Å². The normalized spacial score (nSPS) is 10.4. The van der Waals surface area contributed by atoms with Gasteiger partial charge in [0.2, 0.25) is 0 Å². The van der Waals surface area contributed by atoms with Gasteiger partial charge in [-0.1, -0.05) is 0 Å². The Morgan fingerprint density at radius 1 is 1.50 bits per heavy atom. The van der Waals surface area contributed by atoms with Crippen molar-refractivity contribution >= 4 is 21.8 Å². The Labute approximate surface area is 113 Å². The van der Waals surface area contributed by atoms with Gasteiger partial charge < -0.3 is 14.7 Å². The topological polar surface area (TPSA) is 49.8 Å². The number of hydrogen-bond donors (Lipinski definition) is 1. The zero-order valence-corrected chi connectivity index (χ0v) is 11.6. The van der Waals surface area contributed by atoms with Crippen molar-refractivity contribution in [3.05, 3.63) is 34.1 Å². The maximum Gasteiger partial charge on any atom is 0.253 e. The minimum atomic E-state index is -0.402. The first-order valence-electron chi connectivity index (χ1n) is 5.45. The summed E-state index contributed by atoms with van der Waals surface area (Å²) in [5.41, 5.74) is 0.410. The maximum absolute atomic E-state index is 13.0. The van der Waals surface area contributed by atoms with E-state index >= 15 is 0 Å². The molecule has 1 N–H and O–H groups in total. The van der Waals surface area contributed by atoms with E-state index in [0.29, 0.717) is 18.7 Å². The van der Waals surface area contributed by atoms with Crippen molar-refractivity contribution < 1.29 is 19.0 Å². The van der Waals surface area contributed by atoms with Crippen LogP contribution in [0.25, 0.3) is 0 Å². The molecule has 100 valence electrons. The third-order valence-electron chi connectivity index (χ3n) is 2.32. The van der Waals surface area contributed by atoms with Gasteiger partial charge in [0, 0.05) is 19.2 Å². The number of benzene rings is 1. The Balaban J connectivity index is 2.54. The molecule has 1 aromatic rings. The van der Waals surface area contributed by atoms with Crippen molar-refractivity contribution in [2.45, 2.75) is 0 Å². The lowest BCUT2D eigenvalue weighted by molar-refractivity contribution is 0.0618. The largest absolute Gasteiger partial charge is 0.394 e. The van der Waals surface area contributed by atoms with E-state index in [1.165, 1.54) is 23.1 Å². The van der Waals surface area contributed by atoms with Gasteiger partial charge in [-0.05, 0) is 34.1 Å². The molecule has 0 fully saturated rings. The molecule has 0 aliphatic heterocycles. The molecule has 0 aliphatic carbocycles. The van der Waals surface area contributed by atoms with Gasteiger partial charge in [-0.3, -0.25) is 4.79 Å². The van der Waals surface area contributed by atoms with Crippen LogP contribution in [-0.2, 0) is 4.74 Å². The first-order valence-corrected chi connectivity index (χ1v) is 6.24. The van der Waals surface area contributed by atoms with Crippen molar-refractivity contribution in [3.8, 4) is 0 Å². The number of rotatable bonds is 6. The molecule has 0 heterocycles. The van der Waals surface area contributed by atoms with E-state index in [1.54, 1.807) is 7.05 Å². The first kappa shape index (κ1) is 15.1. The summed E-state index contributed by atoms with van der Waals surface area (Å²) < 4.78 is 18.4. The molecule has 6 heteroatoms. The predicted octanol–water partition coefficient (Wildman–Crippen LogP) is 1.67. The smallest absolute Gasteiger partial charge is 0.253 e. The van der Waals surface area contributed by atoms with Crippen LogP contribution in [0.5, 0.6) is 0 Å². The molecule has 0 saturated heterocycles. The summed E-state index contributed by atoms with van der Waals surface area (Å²) in [6.45, 7) is 0.978. The summed E-state index contributed by atoms with van der Waals surface area (Å²) >= 11 is 3.04. The zero-order valence-electron chi connectivity index (χ0n) is 10.0. The van der Waals surface area contributed by atoms with Crippen LogP contribution in [0.2, 0.25) is 0 Å². The summed E-state index contributed by atoms with van der Waals surface area (Å²) in [7, 11) is 1.64. The molecule has 0 bridgehead atoms. The summed E-state index contributed by atoms with van der Waals surface area (Å²) in [6, 6.07) is 4.13.